The van der Waals surface area contributed by atoms with Crippen LogP contribution in [0.4, 0.5) is 27.5 Å². The molecule has 1 fully saturated rings. The second kappa shape index (κ2) is 9.75. The molecule has 0 saturated carbocycles. The van der Waals surface area contributed by atoms with Crippen molar-refractivity contribution in [1.82, 2.24) is 0 Å². The molecular weight excluding hydrogens is 424 g/mol. The molecule has 1 heterocycles. The Hall–Kier alpha value is -3.51. The van der Waals surface area contributed by atoms with Crippen molar-refractivity contribution in [3.63, 3.8) is 0 Å². The standard InChI is InChI=1S/C25H25ClN4O2/c1-17-4-6-18(7-5-17)24(31)27-21-12-13-23(30-14-2-3-15-30)22(16-21)29-25(32)28-20-10-8-19(26)9-11-20/h4-13,16H,2-3,14-15H2,1H3,(H,27,31)(H2,28,29,32). The number of aryl methyl sites for hydroxylation is 1. The first-order chi connectivity index (χ1) is 15.5. The summed E-state index contributed by atoms with van der Waals surface area (Å²) in [4.78, 5) is 27.5. The number of urea groups is 1. The number of nitrogens with one attached hydrogen (secondary N) is 3. The van der Waals surface area contributed by atoms with Gasteiger partial charge in [0.1, 0.15) is 0 Å². The van der Waals surface area contributed by atoms with Crippen LogP contribution < -0.4 is 20.9 Å². The maximum Gasteiger partial charge on any atom is 0.323 e. The average molecular weight is 449 g/mol. The molecule has 3 aromatic rings. The zero-order valence-electron chi connectivity index (χ0n) is 17.8. The van der Waals surface area contributed by atoms with Crippen molar-refractivity contribution in [2.75, 3.05) is 33.9 Å². The van der Waals surface area contributed by atoms with Crippen molar-refractivity contribution >= 4 is 46.3 Å². The lowest BCUT2D eigenvalue weighted by molar-refractivity contribution is 0.102. The van der Waals surface area contributed by atoms with E-state index in [0.717, 1.165) is 37.2 Å². The van der Waals surface area contributed by atoms with Gasteiger partial charge in [-0.3, -0.25) is 4.79 Å². The molecule has 0 aromatic heterocycles. The van der Waals surface area contributed by atoms with Gasteiger partial charge in [-0.2, -0.15) is 0 Å². The molecule has 3 N–H and O–H groups in total. The molecule has 1 aliphatic rings. The first-order valence-electron chi connectivity index (χ1n) is 10.6. The molecule has 0 bridgehead atoms. The summed E-state index contributed by atoms with van der Waals surface area (Å²) in [6.07, 6.45) is 2.23. The van der Waals surface area contributed by atoms with E-state index in [1.807, 2.05) is 31.2 Å². The Labute approximate surface area is 192 Å². The van der Waals surface area contributed by atoms with Gasteiger partial charge in [-0.05, 0) is 74.4 Å². The third-order valence-electron chi connectivity index (χ3n) is 5.37. The Morgan fingerprint density at radius 3 is 2.16 bits per heavy atom. The lowest BCUT2D eigenvalue weighted by Gasteiger charge is -2.22. The minimum Gasteiger partial charge on any atom is -0.370 e. The van der Waals surface area contributed by atoms with Crippen molar-refractivity contribution in [3.05, 3.63) is 82.9 Å². The first-order valence-corrected chi connectivity index (χ1v) is 11.0. The maximum absolute atomic E-state index is 12.7. The molecule has 7 heteroatoms. The number of hydrogen-bond donors (Lipinski definition) is 3. The van der Waals surface area contributed by atoms with Gasteiger partial charge in [0.2, 0.25) is 0 Å². The zero-order chi connectivity index (χ0) is 22.5. The largest absolute Gasteiger partial charge is 0.370 e. The second-order valence-corrected chi connectivity index (χ2v) is 8.27. The molecule has 6 nitrogen and oxygen atoms in total. The number of rotatable bonds is 5. The van der Waals surface area contributed by atoms with Crippen LogP contribution in [0.25, 0.3) is 0 Å². The molecule has 1 aliphatic heterocycles. The van der Waals surface area contributed by atoms with Crippen molar-refractivity contribution in [2.45, 2.75) is 19.8 Å². The summed E-state index contributed by atoms with van der Waals surface area (Å²) in [6.45, 7) is 3.84. The van der Waals surface area contributed by atoms with E-state index >= 15 is 0 Å². The van der Waals surface area contributed by atoms with E-state index in [9.17, 15) is 9.59 Å². The van der Waals surface area contributed by atoms with Crippen molar-refractivity contribution in [2.24, 2.45) is 0 Å². The molecular formula is C25H25ClN4O2. The summed E-state index contributed by atoms with van der Waals surface area (Å²) < 4.78 is 0. The lowest BCUT2D eigenvalue weighted by atomic mass is 10.1. The smallest absolute Gasteiger partial charge is 0.323 e. The Morgan fingerprint density at radius 2 is 1.47 bits per heavy atom. The Bertz CT molecular complexity index is 1110. The van der Waals surface area contributed by atoms with Gasteiger partial charge in [-0.25, -0.2) is 4.79 Å². The number of anilines is 4. The van der Waals surface area contributed by atoms with E-state index in [1.165, 1.54) is 0 Å². The summed E-state index contributed by atoms with van der Waals surface area (Å²) in [5, 5.41) is 9.27. The maximum atomic E-state index is 12.7. The molecule has 3 aromatic carbocycles. The molecule has 164 valence electrons. The minimum absolute atomic E-state index is 0.199. The van der Waals surface area contributed by atoms with Crippen LogP contribution in [-0.2, 0) is 0 Å². The number of halogens is 1. The summed E-state index contributed by atoms with van der Waals surface area (Å²) >= 11 is 5.91. The molecule has 0 atom stereocenters. The molecule has 4 rings (SSSR count). The number of hydrogen-bond acceptors (Lipinski definition) is 3. The second-order valence-electron chi connectivity index (χ2n) is 7.83. The number of nitrogens with zero attached hydrogens (tertiary/aromatic N) is 1. The number of amides is 3. The van der Waals surface area contributed by atoms with Crippen molar-refractivity contribution in [3.8, 4) is 0 Å². The van der Waals surface area contributed by atoms with Gasteiger partial charge in [0.05, 0.1) is 11.4 Å². The van der Waals surface area contributed by atoms with Crippen LogP contribution in [0, 0.1) is 6.92 Å². The molecule has 32 heavy (non-hydrogen) atoms. The molecule has 1 saturated heterocycles. The van der Waals surface area contributed by atoms with Gasteiger partial charge >= 0.3 is 6.03 Å². The molecule has 0 unspecified atom stereocenters. The van der Waals surface area contributed by atoms with Gasteiger partial charge in [0.15, 0.2) is 0 Å². The summed E-state index contributed by atoms with van der Waals surface area (Å²) in [5.74, 6) is -0.199. The van der Waals surface area contributed by atoms with E-state index in [4.69, 9.17) is 11.6 Å². The predicted molar refractivity (Wildman–Crippen MR) is 131 cm³/mol. The number of carbonyl (C=O) groups excluding carboxylic acids is 2. The topological polar surface area (TPSA) is 73.5 Å². The van der Waals surface area contributed by atoms with Crippen LogP contribution in [0.15, 0.2) is 66.7 Å². The predicted octanol–water partition coefficient (Wildman–Crippen LogP) is 6.14. The molecule has 0 spiro atoms. The highest BCUT2D eigenvalue weighted by Gasteiger charge is 2.18. The molecule has 0 radical (unpaired) electrons. The normalized spacial score (nSPS) is 13.0. The van der Waals surface area contributed by atoms with Gasteiger partial charge in [0, 0.05) is 35.1 Å². The summed E-state index contributed by atoms with van der Waals surface area (Å²) in [7, 11) is 0. The Morgan fingerprint density at radius 1 is 0.812 bits per heavy atom. The van der Waals surface area contributed by atoms with E-state index < -0.39 is 0 Å². The zero-order valence-corrected chi connectivity index (χ0v) is 18.6. The quantitative estimate of drug-likeness (QED) is 0.438. The van der Waals surface area contributed by atoms with Crippen molar-refractivity contribution < 1.29 is 9.59 Å². The highest BCUT2D eigenvalue weighted by atomic mass is 35.5. The molecule has 3 amide bonds. The van der Waals surface area contributed by atoms with Crippen LogP contribution in [0.1, 0.15) is 28.8 Å². The SMILES string of the molecule is Cc1ccc(C(=O)Nc2ccc(N3CCCC3)c(NC(=O)Nc3ccc(Cl)cc3)c2)cc1. The van der Waals surface area contributed by atoms with E-state index in [2.05, 4.69) is 20.9 Å². The van der Waals surface area contributed by atoms with E-state index in [-0.39, 0.29) is 11.9 Å². The number of benzene rings is 3. The van der Waals surface area contributed by atoms with Gasteiger partial charge < -0.3 is 20.9 Å². The minimum atomic E-state index is -0.366. The van der Waals surface area contributed by atoms with Crippen LogP contribution in [0.2, 0.25) is 5.02 Å². The van der Waals surface area contributed by atoms with Gasteiger partial charge in [-0.15, -0.1) is 0 Å². The average Bonchev–Trinajstić information content (AvgIpc) is 3.30. The van der Waals surface area contributed by atoms with Gasteiger partial charge in [0.25, 0.3) is 5.91 Å². The monoisotopic (exact) mass is 448 g/mol. The Kier molecular flexibility index (Phi) is 6.61. The summed E-state index contributed by atoms with van der Waals surface area (Å²) in [5.41, 5.74) is 4.49. The van der Waals surface area contributed by atoms with E-state index in [1.54, 1.807) is 42.5 Å². The summed E-state index contributed by atoms with van der Waals surface area (Å²) in [6, 6.07) is 19.5. The van der Waals surface area contributed by atoms with Crippen molar-refractivity contribution in [1.29, 1.82) is 0 Å². The third kappa shape index (κ3) is 5.39. The fraction of sp³-hybridized carbons (Fsp3) is 0.200. The third-order valence-corrected chi connectivity index (χ3v) is 5.62. The fourth-order valence-electron chi connectivity index (χ4n) is 3.67. The van der Waals surface area contributed by atoms with Gasteiger partial charge in [-0.1, -0.05) is 29.3 Å². The van der Waals surface area contributed by atoms with E-state index in [0.29, 0.717) is 27.6 Å². The lowest BCUT2D eigenvalue weighted by Crippen LogP contribution is -2.24. The van der Waals surface area contributed by atoms with Crippen LogP contribution in [-0.4, -0.2) is 25.0 Å². The number of carbonyl (C=O) groups is 2. The first kappa shape index (κ1) is 21.7. The Balaban J connectivity index is 1.53. The fourth-order valence-corrected chi connectivity index (χ4v) is 3.80. The van der Waals surface area contributed by atoms with Crippen LogP contribution in [0.3, 0.4) is 0 Å². The highest BCUT2D eigenvalue weighted by molar-refractivity contribution is 6.30. The van der Waals surface area contributed by atoms with Crippen LogP contribution >= 0.6 is 11.6 Å². The van der Waals surface area contributed by atoms with Crippen LogP contribution in [0.5, 0.6) is 0 Å². The highest BCUT2D eigenvalue weighted by Crippen LogP contribution is 2.32. The molecule has 0 aliphatic carbocycles.